The maximum Gasteiger partial charge on any atom is 0.272 e. The van der Waals surface area contributed by atoms with Crippen molar-refractivity contribution in [3.8, 4) is 0 Å². The molecule has 0 amide bonds. The second kappa shape index (κ2) is 5.23. The van der Waals surface area contributed by atoms with Crippen LogP contribution in [0.4, 0.5) is 10.1 Å². The van der Waals surface area contributed by atoms with Gasteiger partial charge in [0.1, 0.15) is 5.82 Å². The van der Waals surface area contributed by atoms with E-state index in [1.807, 2.05) is 0 Å². The van der Waals surface area contributed by atoms with Crippen LogP contribution in [0.2, 0.25) is 0 Å². The average molecular weight is 238 g/mol. The number of nitrogens with zero attached hydrogens (tertiary/aromatic N) is 1. The zero-order valence-electron chi connectivity index (χ0n) is 9.49. The van der Waals surface area contributed by atoms with Gasteiger partial charge in [-0.25, -0.2) is 4.39 Å². The molecule has 0 bridgehead atoms. The Kier molecular flexibility index (Phi) is 3.68. The molecule has 1 atom stereocenters. The Labute approximate surface area is 99.0 Å². The van der Waals surface area contributed by atoms with Crippen molar-refractivity contribution in [2.24, 2.45) is 0 Å². The van der Waals surface area contributed by atoms with Gasteiger partial charge in [0.05, 0.1) is 11.0 Å². The molecule has 0 aromatic heterocycles. The van der Waals surface area contributed by atoms with Crippen molar-refractivity contribution in [1.82, 2.24) is 5.32 Å². The first kappa shape index (κ1) is 12.0. The number of benzene rings is 1. The molecule has 2 rings (SSSR count). The molecule has 1 heterocycles. The van der Waals surface area contributed by atoms with Gasteiger partial charge in [-0.2, -0.15) is 0 Å². The van der Waals surface area contributed by atoms with E-state index in [9.17, 15) is 14.5 Å². The SMILES string of the molecule is O=[N+]([O-])c1cc(F)cc(C2CCCCCN2)c1. The summed E-state index contributed by atoms with van der Waals surface area (Å²) in [4.78, 5) is 10.1. The van der Waals surface area contributed by atoms with Gasteiger partial charge in [-0.05, 0) is 31.0 Å². The van der Waals surface area contributed by atoms with Crippen LogP contribution >= 0.6 is 0 Å². The average Bonchev–Trinajstić information content (AvgIpc) is 2.56. The summed E-state index contributed by atoms with van der Waals surface area (Å²) in [6.45, 7) is 0.884. The monoisotopic (exact) mass is 238 g/mol. The summed E-state index contributed by atoms with van der Waals surface area (Å²) in [5.74, 6) is -0.541. The first-order chi connectivity index (χ1) is 8.16. The Hall–Kier alpha value is -1.49. The Morgan fingerprint density at radius 1 is 1.29 bits per heavy atom. The quantitative estimate of drug-likeness (QED) is 0.636. The van der Waals surface area contributed by atoms with Crippen LogP contribution in [0, 0.1) is 15.9 Å². The summed E-state index contributed by atoms with van der Waals surface area (Å²) in [6.07, 6.45) is 4.23. The lowest BCUT2D eigenvalue weighted by Crippen LogP contribution is -2.20. The van der Waals surface area contributed by atoms with Gasteiger partial charge < -0.3 is 5.32 Å². The number of nitrogens with one attached hydrogen (secondary N) is 1. The van der Waals surface area contributed by atoms with Gasteiger partial charge >= 0.3 is 0 Å². The normalized spacial score (nSPS) is 20.9. The first-order valence-corrected chi connectivity index (χ1v) is 5.85. The van der Waals surface area contributed by atoms with Gasteiger partial charge in [-0.1, -0.05) is 12.8 Å². The molecule has 1 saturated heterocycles. The molecule has 0 aliphatic carbocycles. The summed E-state index contributed by atoms with van der Waals surface area (Å²) < 4.78 is 13.3. The van der Waals surface area contributed by atoms with E-state index >= 15 is 0 Å². The molecule has 1 unspecified atom stereocenters. The van der Waals surface area contributed by atoms with Crippen LogP contribution in [-0.4, -0.2) is 11.5 Å². The second-order valence-electron chi connectivity index (χ2n) is 4.36. The fraction of sp³-hybridized carbons (Fsp3) is 0.500. The van der Waals surface area contributed by atoms with E-state index in [1.54, 1.807) is 0 Å². The summed E-state index contributed by atoms with van der Waals surface area (Å²) in [5, 5.41) is 14.0. The van der Waals surface area contributed by atoms with Crippen molar-refractivity contribution >= 4 is 5.69 Å². The molecule has 1 aliphatic rings. The third-order valence-electron chi connectivity index (χ3n) is 3.08. The molecule has 0 spiro atoms. The highest BCUT2D eigenvalue weighted by atomic mass is 19.1. The number of hydrogen-bond acceptors (Lipinski definition) is 3. The highest BCUT2D eigenvalue weighted by molar-refractivity contribution is 5.36. The van der Waals surface area contributed by atoms with E-state index in [-0.39, 0.29) is 11.7 Å². The number of hydrogen-bond donors (Lipinski definition) is 1. The summed E-state index contributed by atoms with van der Waals surface area (Å²) >= 11 is 0. The van der Waals surface area contributed by atoms with E-state index in [1.165, 1.54) is 12.1 Å². The van der Waals surface area contributed by atoms with Crippen LogP contribution in [0.3, 0.4) is 0 Å². The van der Waals surface area contributed by atoms with Crippen LogP contribution in [0.25, 0.3) is 0 Å². The van der Waals surface area contributed by atoms with Crippen molar-refractivity contribution in [3.63, 3.8) is 0 Å². The maximum absolute atomic E-state index is 13.3. The van der Waals surface area contributed by atoms with E-state index in [0.717, 1.165) is 38.3 Å². The zero-order valence-corrected chi connectivity index (χ0v) is 9.49. The fourth-order valence-electron chi connectivity index (χ4n) is 2.22. The molecule has 1 aliphatic heterocycles. The molecule has 0 saturated carbocycles. The van der Waals surface area contributed by atoms with Crippen molar-refractivity contribution in [3.05, 3.63) is 39.7 Å². The molecule has 1 N–H and O–H groups in total. The van der Waals surface area contributed by atoms with Crippen LogP contribution in [-0.2, 0) is 0 Å². The van der Waals surface area contributed by atoms with E-state index in [2.05, 4.69) is 5.32 Å². The van der Waals surface area contributed by atoms with Gasteiger partial charge in [0.2, 0.25) is 0 Å². The lowest BCUT2D eigenvalue weighted by atomic mass is 10.0. The van der Waals surface area contributed by atoms with Crippen molar-refractivity contribution in [2.45, 2.75) is 31.7 Å². The first-order valence-electron chi connectivity index (χ1n) is 5.85. The summed E-state index contributed by atoms with van der Waals surface area (Å²) in [5.41, 5.74) is 0.504. The van der Waals surface area contributed by atoms with Crippen LogP contribution < -0.4 is 5.32 Å². The highest BCUT2D eigenvalue weighted by Crippen LogP contribution is 2.26. The minimum absolute atomic E-state index is 0.0342. The van der Waals surface area contributed by atoms with Gasteiger partial charge in [-0.15, -0.1) is 0 Å². The Morgan fingerprint density at radius 3 is 2.88 bits per heavy atom. The van der Waals surface area contributed by atoms with Crippen LogP contribution in [0.5, 0.6) is 0 Å². The Bertz CT molecular complexity index is 415. The number of nitro benzene ring substituents is 1. The highest BCUT2D eigenvalue weighted by Gasteiger charge is 2.18. The molecule has 17 heavy (non-hydrogen) atoms. The van der Waals surface area contributed by atoms with Crippen molar-refractivity contribution in [1.29, 1.82) is 0 Å². The third kappa shape index (κ3) is 3.00. The predicted octanol–water partition coefficient (Wildman–Crippen LogP) is 2.94. The van der Waals surface area contributed by atoms with Crippen molar-refractivity contribution in [2.75, 3.05) is 6.54 Å². The molecule has 1 aromatic rings. The minimum atomic E-state index is -0.552. The minimum Gasteiger partial charge on any atom is -0.310 e. The molecular formula is C12H15FN2O2. The molecule has 5 heteroatoms. The molecular weight excluding hydrogens is 223 g/mol. The smallest absolute Gasteiger partial charge is 0.272 e. The number of non-ortho nitro benzene ring substituents is 1. The fourth-order valence-corrected chi connectivity index (χ4v) is 2.22. The Balaban J connectivity index is 2.27. The molecule has 1 fully saturated rings. The third-order valence-corrected chi connectivity index (χ3v) is 3.08. The van der Waals surface area contributed by atoms with Gasteiger partial charge in [0.15, 0.2) is 0 Å². The molecule has 0 radical (unpaired) electrons. The van der Waals surface area contributed by atoms with Gasteiger partial charge in [0, 0.05) is 12.1 Å². The number of nitro groups is 1. The van der Waals surface area contributed by atoms with Crippen LogP contribution in [0.1, 0.15) is 37.3 Å². The van der Waals surface area contributed by atoms with Gasteiger partial charge in [-0.3, -0.25) is 10.1 Å². The summed E-state index contributed by atoms with van der Waals surface area (Å²) in [7, 11) is 0. The van der Waals surface area contributed by atoms with E-state index < -0.39 is 10.7 Å². The molecule has 92 valence electrons. The lowest BCUT2D eigenvalue weighted by Gasteiger charge is -2.15. The second-order valence-corrected chi connectivity index (χ2v) is 4.36. The van der Waals surface area contributed by atoms with E-state index in [0.29, 0.717) is 5.56 Å². The topological polar surface area (TPSA) is 55.2 Å². The Morgan fingerprint density at radius 2 is 2.12 bits per heavy atom. The number of halogens is 1. The van der Waals surface area contributed by atoms with Crippen molar-refractivity contribution < 1.29 is 9.31 Å². The zero-order chi connectivity index (χ0) is 12.3. The van der Waals surface area contributed by atoms with Crippen LogP contribution in [0.15, 0.2) is 18.2 Å². The lowest BCUT2D eigenvalue weighted by molar-refractivity contribution is -0.385. The molecule has 1 aromatic carbocycles. The maximum atomic E-state index is 13.3. The van der Waals surface area contributed by atoms with E-state index in [4.69, 9.17) is 0 Å². The number of rotatable bonds is 2. The van der Waals surface area contributed by atoms with Gasteiger partial charge in [0.25, 0.3) is 5.69 Å². The largest absolute Gasteiger partial charge is 0.310 e. The summed E-state index contributed by atoms with van der Waals surface area (Å²) in [6, 6.07) is 3.84. The predicted molar refractivity (Wildman–Crippen MR) is 62.3 cm³/mol. The molecule has 4 nitrogen and oxygen atoms in total. The standard InChI is InChI=1S/C12H15FN2O2/c13-10-6-9(7-11(8-10)15(16)17)12-4-2-1-3-5-14-12/h6-8,12,14H,1-5H2.